The Hall–Kier alpha value is -3.17. The van der Waals surface area contributed by atoms with Crippen LogP contribution in [-0.4, -0.2) is 32.4 Å². The molecule has 0 N–H and O–H groups in total. The second-order valence-corrected chi connectivity index (χ2v) is 7.66. The Morgan fingerprint density at radius 1 is 0.931 bits per heavy atom. The molecule has 0 amide bonds. The first-order valence-corrected chi connectivity index (χ1v) is 10.7. The molecule has 3 aromatic rings. The lowest BCUT2D eigenvalue weighted by Gasteiger charge is -2.37. The fraction of sp³-hybridized carbons (Fsp3) is 0.217. The van der Waals surface area contributed by atoms with E-state index in [-0.39, 0.29) is 5.56 Å². The third-order valence-electron chi connectivity index (χ3n) is 5.17. The Kier molecular flexibility index (Phi) is 5.59. The fourth-order valence-corrected chi connectivity index (χ4v) is 4.13. The Morgan fingerprint density at radius 3 is 2.07 bits per heavy atom. The molecule has 1 aliphatic rings. The van der Waals surface area contributed by atoms with Crippen molar-refractivity contribution in [1.29, 1.82) is 5.26 Å². The molecule has 1 fully saturated rings. The van der Waals surface area contributed by atoms with E-state index >= 15 is 0 Å². The predicted molar refractivity (Wildman–Crippen MR) is 118 cm³/mol. The predicted octanol–water partition coefficient (Wildman–Crippen LogP) is 4.23. The highest BCUT2D eigenvalue weighted by molar-refractivity contribution is 7.98. The van der Waals surface area contributed by atoms with Crippen molar-refractivity contribution in [3.05, 3.63) is 76.6 Å². The van der Waals surface area contributed by atoms with Gasteiger partial charge in [-0.25, -0.2) is 4.79 Å². The van der Waals surface area contributed by atoms with Gasteiger partial charge in [0.05, 0.1) is 0 Å². The van der Waals surface area contributed by atoms with Crippen LogP contribution in [0.25, 0.3) is 11.3 Å². The highest BCUT2D eigenvalue weighted by atomic mass is 32.2. The van der Waals surface area contributed by atoms with Crippen molar-refractivity contribution in [2.24, 2.45) is 0 Å². The minimum Gasteiger partial charge on any atom is -0.422 e. The Morgan fingerprint density at radius 2 is 1.52 bits per heavy atom. The quantitative estimate of drug-likeness (QED) is 0.608. The normalized spacial score (nSPS) is 13.9. The molecule has 146 valence electrons. The van der Waals surface area contributed by atoms with Crippen LogP contribution in [0.3, 0.4) is 0 Å². The van der Waals surface area contributed by atoms with Gasteiger partial charge in [0, 0.05) is 48.0 Å². The van der Waals surface area contributed by atoms with Gasteiger partial charge in [-0.05, 0) is 48.7 Å². The zero-order valence-corrected chi connectivity index (χ0v) is 17.0. The van der Waals surface area contributed by atoms with E-state index in [1.165, 1.54) is 17.4 Å². The maximum Gasteiger partial charge on any atom is 0.355 e. The van der Waals surface area contributed by atoms with Gasteiger partial charge < -0.3 is 14.2 Å². The van der Waals surface area contributed by atoms with E-state index in [9.17, 15) is 4.79 Å². The molecule has 1 saturated heterocycles. The molecular formula is C23H21N3O2S. The van der Waals surface area contributed by atoms with Gasteiger partial charge in [0.2, 0.25) is 0 Å². The van der Waals surface area contributed by atoms with Gasteiger partial charge in [-0.15, -0.1) is 11.8 Å². The summed E-state index contributed by atoms with van der Waals surface area (Å²) in [5, 5.41) is 9.13. The molecule has 2 aromatic carbocycles. The maximum atomic E-state index is 12.1. The maximum absolute atomic E-state index is 12.1. The first kappa shape index (κ1) is 19.2. The standard InChI is InChI=1S/C23H21N3O2S/c1-29-22-15-21(28-23(27)20(22)16-24)17-7-9-19(10-8-17)26-13-11-25(12-14-26)18-5-3-2-4-6-18/h2-10,15H,11-14H2,1H3. The third-order valence-corrected chi connectivity index (χ3v) is 5.93. The van der Waals surface area contributed by atoms with Gasteiger partial charge in [0.1, 0.15) is 11.8 Å². The molecule has 5 nitrogen and oxygen atoms in total. The number of hydrogen-bond acceptors (Lipinski definition) is 6. The number of thioether (sulfide) groups is 1. The molecule has 4 rings (SSSR count). The Balaban J connectivity index is 1.49. The van der Waals surface area contributed by atoms with Crippen LogP contribution < -0.4 is 15.4 Å². The first-order chi connectivity index (χ1) is 14.2. The summed E-state index contributed by atoms with van der Waals surface area (Å²) in [7, 11) is 0. The van der Waals surface area contributed by atoms with Crippen molar-refractivity contribution < 1.29 is 4.42 Å². The van der Waals surface area contributed by atoms with Gasteiger partial charge in [0.15, 0.2) is 5.56 Å². The van der Waals surface area contributed by atoms with Crippen LogP contribution in [0.5, 0.6) is 0 Å². The van der Waals surface area contributed by atoms with E-state index in [4.69, 9.17) is 9.68 Å². The van der Waals surface area contributed by atoms with Crippen LogP contribution in [0.15, 0.2) is 74.8 Å². The summed E-state index contributed by atoms with van der Waals surface area (Å²) in [6, 6.07) is 22.2. The zero-order valence-electron chi connectivity index (χ0n) is 16.2. The Bertz CT molecular complexity index is 1080. The highest BCUT2D eigenvalue weighted by Gasteiger charge is 2.18. The molecule has 1 aliphatic heterocycles. The number of piperazine rings is 1. The monoisotopic (exact) mass is 403 g/mol. The average molecular weight is 404 g/mol. The van der Waals surface area contributed by atoms with Crippen molar-refractivity contribution in [2.45, 2.75) is 4.90 Å². The van der Waals surface area contributed by atoms with Gasteiger partial charge in [-0.3, -0.25) is 0 Å². The van der Waals surface area contributed by atoms with Gasteiger partial charge in [-0.1, -0.05) is 18.2 Å². The van der Waals surface area contributed by atoms with Crippen LogP contribution in [0.1, 0.15) is 5.56 Å². The van der Waals surface area contributed by atoms with E-state index < -0.39 is 5.63 Å². The fourth-order valence-electron chi connectivity index (χ4n) is 3.57. The molecule has 0 unspecified atom stereocenters. The molecule has 0 saturated carbocycles. The molecule has 1 aromatic heterocycles. The average Bonchev–Trinajstić information content (AvgIpc) is 2.79. The summed E-state index contributed by atoms with van der Waals surface area (Å²) >= 11 is 1.37. The van der Waals surface area contributed by atoms with Gasteiger partial charge >= 0.3 is 5.63 Å². The molecule has 0 bridgehead atoms. The number of anilines is 2. The number of nitriles is 1. The largest absolute Gasteiger partial charge is 0.422 e. The molecule has 2 heterocycles. The van der Waals surface area contributed by atoms with E-state index in [1.54, 1.807) is 6.07 Å². The molecule has 0 radical (unpaired) electrons. The second kappa shape index (κ2) is 8.46. The molecular weight excluding hydrogens is 382 g/mol. The molecule has 0 atom stereocenters. The van der Waals surface area contributed by atoms with E-state index in [2.05, 4.69) is 46.2 Å². The van der Waals surface area contributed by atoms with Crippen molar-refractivity contribution in [1.82, 2.24) is 0 Å². The summed E-state index contributed by atoms with van der Waals surface area (Å²) in [5.41, 5.74) is 2.73. The van der Waals surface area contributed by atoms with E-state index in [0.717, 1.165) is 37.4 Å². The number of hydrogen-bond donors (Lipinski definition) is 0. The minimum atomic E-state index is -0.588. The van der Waals surface area contributed by atoms with Crippen LogP contribution in [-0.2, 0) is 0 Å². The van der Waals surface area contributed by atoms with Crippen molar-refractivity contribution in [2.75, 3.05) is 42.2 Å². The zero-order chi connectivity index (χ0) is 20.2. The van der Waals surface area contributed by atoms with Crippen molar-refractivity contribution >= 4 is 23.1 Å². The summed E-state index contributed by atoms with van der Waals surface area (Å²) < 4.78 is 5.36. The number of nitrogens with zero attached hydrogens (tertiary/aromatic N) is 3. The topological polar surface area (TPSA) is 60.5 Å². The summed E-state index contributed by atoms with van der Waals surface area (Å²) in [6.45, 7) is 3.87. The summed E-state index contributed by atoms with van der Waals surface area (Å²) in [4.78, 5) is 17.5. The van der Waals surface area contributed by atoms with Crippen LogP contribution in [0.2, 0.25) is 0 Å². The smallest absolute Gasteiger partial charge is 0.355 e. The van der Waals surface area contributed by atoms with E-state index in [0.29, 0.717) is 10.7 Å². The number of rotatable bonds is 4. The molecule has 0 aliphatic carbocycles. The van der Waals surface area contributed by atoms with Gasteiger partial charge in [0.25, 0.3) is 0 Å². The SMILES string of the molecule is CSc1cc(-c2ccc(N3CCN(c4ccccc4)CC3)cc2)oc(=O)c1C#N. The highest BCUT2D eigenvalue weighted by Crippen LogP contribution is 2.28. The summed E-state index contributed by atoms with van der Waals surface area (Å²) in [6.07, 6.45) is 1.84. The second-order valence-electron chi connectivity index (χ2n) is 6.81. The molecule has 6 heteroatoms. The minimum absolute atomic E-state index is 0.0640. The number of benzene rings is 2. The van der Waals surface area contributed by atoms with E-state index in [1.807, 2.05) is 30.5 Å². The van der Waals surface area contributed by atoms with Crippen LogP contribution in [0, 0.1) is 11.3 Å². The third kappa shape index (κ3) is 4.01. The van der Waals surface area contributed by atoms with Crippen LogP contribution in [0.4, 0.5) is 11.4 Å². The lowest BCUT2D eigenvalue weighted by molar-refractivity contribution is 0.518. The summed E-state index contributed by atoms with van der Waals surface area (Å²) in [5.74, 6) is 0.485. The Labute approximate surface area is 174 Å². The van der Waals surface area contributed by atoms with Crippen molar-refractivity contribution in [3.8, 4) is 17.4 Å². The van der Waals surface area contributed by atoms with Crippen molar-refractivity contribution in [3.63, 3.8) is 0 Å². The van der Waals surface area contributed by atoms with Crippen LogP contribution >= 0.6 is 11.8 Å². The van der Waals surface area contributed by atoms with Gasteiger partial charge in [-0.2, -0.15) is 5.26 Å². The number of para-hydroxylation sites is 1. The first-order valence-electron chi connectivity index (χ1n) is 9.47. The molecule has 29 heavy (non-hydrogen) atoms. The lowest BCUT2D eigenvalue weighted by Crippen LogP contribution is -2.46. The molecule has 0 spiro atoms. The lowest BCUT2D eigenvalue weighted by atomic mass is 10.1.